The number of rotatable bonds is 10. The van der Waals surface area contributed by atoms with E-state index in [1.807, 2.05) is 61.7 Å². The molecule has 154 valence electrons. The highest BCUT2D eigenvalue weighted by Gasteiger charge is 2.16. The SMILES string of the molecule is CCn1c(SCC(=O)NCCc2ccc(OC(C)C)cc2)nnc1-c1ccco1. The largest absolute Gasteiger partial charge is 0.491 e. The number of furan rings is 1. The second-order valence-corrected chi connectivity index (χ2v) is 7.67. The van der Waals surface area contributed by atoms with Gasteiger partial charge in [0.2, 0.25) is 5.91 Å². The van der Waals surface area contributed by atoms with Crippen LogP contribution in [0.1, 0.15) is 26.3 Å². The number of hydrogen-bond donors (Lipinski definition) is 1. The number of carbonyl (C=O) groups is 1. The third-order valence-electron chi connectivity index (χ3n) is 4.14. The third-order valence-corrected chi connectivity index (χ3v) is 5.10. The highest BCUT2D eigenvalue weighted by Crippen LogP contribution is 2.24. The zero-order chi connectivity index (χ0) is 20.6. The van der Waals surface area contributed by atoms with E-state index < -0.39 is 0 Å². The van der Waals surface area contributed by atoms with E-state index in [0.29, 0.717) is 29.8 Å². The minimum absolute atomic E-state index is 0.0278. The van der Waals surface area contributed by atoms with Gasteiger partial charge in [0.25, 0.3) is 0 Å². The summed E-state index contributed by atoms with van der Waals surface area (Å²) in [6.45, 7) is 7.30. The molecule has 0 bridgehead atoms. The Morgan fingerprint density at radius 1 is 1.24 bits per heavy atom. The molecule has 3 aromatic rings. The highest BCUT2D eigenvalue weighted by molar-refractivity contribution is 7.99. The van der Waals surface area contributed by atoms with Crippen LogP contribution in [-0.4, -0.2) is 39.1 Å². The van der Waals surface area contributed by atoms with Crippen LogP contribution in [-0.2, 0) is 17.8 Å². The molecule has 0 spiro atoms. The van der Waals surface area contributed by atoms with Crippen molar-refractivity contribution in [3.8, 4) is 17.3 Å². The minimum Gasteiger partial charge on any atom is -0.491 e. The zero-order valence-corrected chi connectivity index (χ0v) is 17.7. The zero-order valence-electron chi connectivity index (χ0n) is 16.9. The molecule has 0 fully saturated rings. The van der Waals surface area contributed by atoms with Crippen molar-refractivity contribution in [1.82, 2.24) is 20.1 Å². The number of benzene rings is 1. The van der Waals surface area contributed by atoms with Gasteiger partial charge < -0.3 is 14.5 Å². The predicted octanol–water partition coefficient (Wildman–Crippen LogP) is 3.80. The van der Waals surface area contributed by atoms with Crippen molar-refractivity contribution >= 4 is 17.7 Å². The van der Waals surface area contributed by atoms with Gasteiger partial charge in [0.05, 0.1) is 18.1 Å². The maximum Gasteiger partial charge on any atom is 0.230 e. The summed E-state index contributed by atoms with van der Waals surface area (Å²) in [6, 6.07) is 11.6. The summed E-state index contributed by atoms with van der Waals surface area (Å²) in [5.74, 6) is 2.46. The molecular formula is C21H26N4O3S. The van der Waals surface area contributed by atoms with E-state index in [9.17, 15) is 4.79 Å². The first-order valence-corrected chi connectivity index (χ1v) is 10.7. The van der Waals surface area contributed by atoms with Crippen molar-refractivity contribution in [2.45, 2.75) is 45.0 Å². The molecule has 0 aliphatic rings. The fraction of sp³-hybridized carbons (Fsp3) is 0.381. The van der Waals surface area contributed by atoms with Gasteiger partial charge in [0.1, 0.15) is 5.75 Å². The molecule has 0 radical (unpaired) electrons. The van der Waals surface area contributed by atoms with Gasteiger partial charge in [-0.25, -0.2) is 0 Å². The van der Waals surface area contributed by atoms with Crippen LogP contribution in [0.4, 0.5) is 0 Å². The molecule has 0 aliphatic carbocycles. The summed E-state index contributed by atoms with van der Waals surface area (Å²) < 4.78 is 13.0. The Labute approximate surface area is 174 Å². The molecule has 2 aromatic heterocycles. The summed E-state index contributed by atoms with van der Waals surface area (Å²) in [5, 5.41) is 12.0. The van der Waals surface area contributed by atoms with Crippen molar-refractivity contribution < 1.29 is 13.9 Å². The number of amides is 1. The van der Waals surface area contributed by atoms with Crippen molar-refractivity contribution in [1.29, 1.82) is 0 Å². The van der Waals surface area contributed by atoms with Crippen molar-refractivity contribution in [2.24, 2.45) is 0 Å². The summed E-state index contributed by atoms with van der Waals surface area (Å²) in [5.41, 5.74) is 1.16. The average molecular weight is 415 g/mol. The first-order chi connectivity index (χ1) is 14.1. The summed E-state index contributed by atoms with van der Waals surface area (Å²) in [7, 11) is 0. The van der Waals surface area contributed by atoms with Crippen LogP contribution in [0.5, 0.6) is 5.75 Å². The lowest BCUT2D eigenvalue weighted by molar-refractivity contribution is -0.118. The second-order valence-electron chi connectivity index (χ2n) is 6.73. The van der Waals surface area contributed by atoms with Crippen molar-refractivity contribution in [3.63, 3.8) is 0 Å². The van der Waals surface area contributed by atoms with Crippen molar-refractivity contribution in [3.05, 3.63) is 48.2 Å². The van der Waals surface area contributed by atoms with Gasteiger partial charge in [0, 0.05) is 13.1 Å². The van der Waals surface area contributed by atoms with Crippen LogP contribution in [0, 0.1) is 0 Å². The molecule has 8 heteroatoms. The molecule has 0 aliphatic heterocycles. The molecule has 1 aromatic carbocycles. The van der Waals surface area contributed by atoms with E-state index in [4.69, 9.17) is 9.15 Å². The molecule has 1 amide bonds. The Balaban J connectivity index is 1.45. The van der Waals surface area contributed by atoms with Gasteiger partial charge in [-0.3, -0.25) is 9.36 Å². The lowest BCUT2D eigenvalue weighted by Crippen LogP contribution is -2.27. The van der Waals surface area contributed by atoms with Gasteiger partial charge in [-0.15, -0.1) is 10.2 Å². The fourth-order valence-electron chi connectivity index (χ4n) is 2.80. The molecular weight excluding hydrogens is 388 g/mol. The predicted molar refractivity (Wildman–Crippen MR) is 113 cm³/mol. The van der Waals surface area contributed by atoms with E-state index >= 15 is 0 Å². The standard InChI is InChI=1S/C21H26N4O3S/c1-4-25-20(18-6-5-13-27-18)23-24-21(25)29-14-19(26)22-12-11-16-7-9-17(10-8-16)28-15(2)3/h5-10,13,15H,4,11-12,14H2,1-3H3,(H,22,26). The van der Waals surface area contributed by atoms with Crippen LogP contribution in [0.15, 0.2) is 52.2 Å². The fourth-order valence-corrected chi connectivity index (χ4v) is 3.64. The van der Waals surface area contributed by atoms with E-state index in [0.717, 1.165) is 17.7 Å². The monoisotopic (exact) mass is 414 g/mol. The van der Waals surface area contributed by atoms with Crippen LogP contribution in [0.3, 0.4) is 0 Å². The topological polar surface area (TPSA) is 82.2 Å². The minimum atomic E-state index is -0.0278. The number of ether oxygens (including phenoxy) is 1. The molecule has 2 heterocycles. The molecule has 7 nitrogen and oxygen atoms in total. The average Bonchev–Trinajstić information content (AvgIpc) is 3.36. The Kier molecular flexibility index (Phi) is 7.35. The molecule has 1 N–H and O–H groups in total. The lowest BCUT2D eigenvalue weighted by Gasteiger charge is -2.10. The first-order valence-electron chi connectivity index (χ1n) is 9.69. The van der Waals surface area contributed by atoms with Crippen LogP contribution < -0.4 is 10.1 Å². The van der Waals surface area contributed by atoms with Gasteiger partial charge in [0.15, 0.2) is 16.7 Å². The van der Waals surface area contributed by atoms with Gasteiger partial charge in [-0.05, 0) is 57.0 Å². The Bertz CT molecular complexity index is 905. The second kappa shape index (κ2) is 10.2. The quantitative estimate of drug-likeness (QED) is 0.508. The summed E-state index contributed by atoms with van der Waals surface area (Å²) in [4.78, 5) is 12.2. The van der Waals surface area contributed by atoms with Gasteiger partial charge in [-0.2, -0.15) is 0 Å². The van der Waals surface area contributed by atoms with Gasteiger partial charge >= 0.3 is 0 Å². The molecule has 29 heavy (non-hydrogen) atoms. The van der Waals surface area contributed by atoms with Crippen molar-refractivity contribution in [2.75, 3.05) is 12.3 Å². The Hall–Kier alpha value is -2.74. The first kappa shape index (κ1) is 21.0. The highest BCUT2D eigenvalue weighted by atomic mass is 32.2. The van der Waals surface area contributed by atoms with Crippen LogP contribution >= 0.6 is 11.8 Å². The molecule has 0 atom stereocenters. The van der Waals surface area contributed by atoms with Gasteiger partial charge in [-0.1, -0.05) is 23.9 Å². The Morgan fingerprint density at radius 3 is 2.69 bits per heavy atom. The molecule has 0 saturated heterocycles. The summed E-state index contributed by atoms with van der Waals surface area (Å²) in [6.07, 6.45) is 2.53. The maximum atomic E-state index is 12.2. The number of carbonyl (C=O) groups excluding carboxylic acids is 1. The smallest absolute Gasteiger partial charge is 0.230 e. The van der Waals surface area contributed by atoms with E-state index in [1.165, 1.54) is 11.8 Å². The Morgan fingerprint density at radius 2 is 2.03 bits per heavy atom. The number of nitrogens with one attached hydrogen (secondary N) is 1. The number of aromatic nitrogens is 3. The molecule has 3 rings (SSSR count). The lowest BCUT2D eigenvalue weighted by atomic mass is 10.1. The summed E-state index contributed by atoms with van der Waals surface area (Å²) >= 11 is 1.37. The number of hydrogen-bond acceptors (Lipinski definition) is 6. The van der Waals surface area contributed by atoms with E-state index in [2.05, 4.69) is 15.5 Å². The normalized spacial score (nSPS) is 11.0. The van der Waals surface area contributed by atoms with E-state index in [1.54, 1.807) is 6.26 Å². The van der Waals surface area contributed by atoms with Crippen LogP contribution in [0.25, 0.3) is 11.6 Å². The number of nitrogens with zero attached hydrogens (tertiary/aromatic N) is 3. The molecule has 0 unspecified atom stereocenters. The van der Waals surface area contributed by atoms with E-state index in [-0.39, 0.29) is 17.8 Å². The maximum absolute atomic E-state index is 12.2. The molecule has 0 saturated carbocycles. The van der Waals surface area contributed by atoms with Crippen LogP contribution in [0.2, 0.25) is 0 Å². The third kappa shape index (κ3) is 5.87. The number of thioether (sulfide) groups is 1.